The highest BCUT2D eigenvalue weighted by Crippen LogP contribution is 1.81. The quantitative estimate of drug-likeness (QED) is 0.383. The second-order valence-corrected chi connectivity index (χ2v) is 2.23. The third-order valence-corrected chi connectivity index (χ3v) is 0. The number of carbonyl (C=O) groups is 2. The lowest BCUT2D eigenvalue weighted by Crippen LogP contribution is -2.37. The highest BCUT2D eigenvalue weighted by Gasteiger charge is 1.68. The second kappa shape index (κ2) is 12.2. The van der Waals surface area contributed by atoms with Crippen molar-refractivity contribution in [2.75, 3.05) is 0 Å². The smallest absolute Gasteiger partial charge is 0.0431 e. The molecule has 6 nitrogen and oxygen atoms in total. The number of rotatable bonds is 0. The summed E-state index contributed by atoms with van der Waals surface area (Å²) in [6.45, 7) is 6.50. The molecular weight excluding hydrogens is 168 g/mol. The zero-order chi connectivity index (χ0) is 10.7. The van der Waals surface area contributed by atoms with Crippen LogP contribution in [0, 0.1) is 5.92 Å². The van der Waals surface area contributed by atoms with E-state index < -0.39 is 12.3 Å². The molecule has 0 aliphatic heterocycles. The molecule has 0 N–H and O–H groups in total. The molecule has 0 heterocycles. The summed E-state index contributed by atoms with van der Waals surface area (Å²) >= 11 is 0. The molecule has 0 aliphatic carbocycles. The molecule has 0 bridgehead atoms. The molecule has 0 unspecified atom stereocenters. The third kappa shape index (κ3) is 228. The van der Waals surface area contributed by atoms with E-state index in [0.29, 0.717) is 0 Å². The van der Waals surface area contributed by atoms with Gasteiger partial charge >= 0.3 is 0 Å². The van der Waals surface area contributed by atoms with Gasteiger partial charge in [-0.2, -0.15) is 0 Å². The summed E-state index contributed by atoms with van der Waals surface area (Å²) in [5, 5.41) is 33.3. The zero-order valence-corrected chi connectivity index (χ0v) is 7.03. The maximum absolute atomic E-state index is 8.33. The van der Waals surface area contributed by atoms with Crippen molar-refractivity contribution in [2.24, 2.45) is 5.92 Å². The van der Waals surface area contributed by atoms with Gasteiger partial charge < -0.3 is 30.0 Å². The Morgan fingerprint density at radius 3 is 0.833 bits per heavy atom. The van der Waals surface area contributed by atoms with Crippen LogP contribution >= 0.6 is 0 Å². The Hall–Kier alpha value is -1.46. The minimum absolute atomic E-state index is 0.833. The van der Waals surface area contributed by atoms with Crippen LogP contribution in [0.3, 0.4) is 0 Å². The van der Waals surface area contributed by atoms with Crippen LogP contribution in [-0.4, -0.2) is 12.3 Å². The molecule has 0 fully saturated rings. The van der Waals surface area contributed by atoms with Gasteiger partial charge in [-0.25, -0.2) is 0 Å². The lowest BCUT2D eigenvalue weighted by molar-refractivity contribution is -0.417. The number of carboxylic acid groups (broad SMARTS) is 4. The first-order valence-corrected chi connectivity index (χ1v) is 2.96. The van der Waals surface area contributed by atoms with Gasteiger partial charge in [-0.3, -0.25) is 0 Å². The van der Waals surface area contributed by atoms with Crippen molar-refractivity contribution in [3.8, 4) is 0 Å². The Morgan fingerprint density at radius 1 is 0.833 bits per heavy atom. The highest BCUT2D eigenvalue weighted by atomic mass is 16.6. The van der Waals surface area contributed by atoms with E-state index in [4.69, 9.17) is 30.0 Å². The van der Waals surface area contributed by atoms with E-state index >= 15 is 0 Å². The van der Waals surface area contributed by atoms with Crippen molar-refractivity contribution in [2.45, 2.75) is 20.8 Å². The molecule has 0 aliphatic rings. The average Bonchev–Trinajstić information content (AvgIpc) is 1.54. The molecule has 6 heteroatoms. The van der Waals surface area contributed by atoms with Crippen LogP contribution in [0.1, 0.15) is 20.8 Å². The molecule has 0 saturated heterocycles. The Balaban J connectivity index is -0.000000101. The van der Waals surface area contributed by atoms with E-state index in [2.05, 4.69) is 20.8 Å². The van der Waals surface area contributed by atoms with Gasteiger partial charge in [-0.1, -0.05) is 20.8 Å². The summed E-state index contributed by atoms with van der Waals surface area (Å²) in [5.74, 6) is 0.833. The SMILES string of the molecule is CC(C)C.O=C([O-])[O-].O=C([O-])[O-]. The van der Waals surface area contributed by atoms with Gasteiger partial charge in [-0.05, 0) is 18.2 Å². The molecule has 0 aromatic rings. The predicted octanol–water partition coefficient (Wildman–Crippen LogP) is -3.23. The molecule has 0 radical (unpaired) electrons. The summed E-state index contributed by atoms with van der Waals surface area (Å²) in [4.78, 5) is 16.7. The first-order valence-electron chi connectivity index (χ1n) is 2.96. The molecule has 0 saturated carbocycles. The fraction of sp³-hybridized carbons (Fsp3) is 0.667. The van der Waals surface area contributed by atoms with Crippen LogP contribution < -0.4 is 20.4 Å². The van der Waals surface area contributed by atoms with Crippen molar-refractivity contribution in [3.05, 3.63) is 0 Å². The van der Waals surface area contributed by atoms with Crippen molar-refractivity contribution in [1.82, 2.24) is 0 Å². The van der Waals surface area contributed by atoms with Crippen molar-refractivity contribution < 1.29 is 30.0 Å². The van der Waals surface area contributed by atoms with Crippen molar-refractivity contribution in [3.63, 3.8) is 0 Å². The first-order chi connectivity index (χ1) is 5.20. The van der Waals surface area contributed by atoms with Crippen LogP contribution in [-0.2, 0) is 0 Å². The first kappa shape index (κ1) is 16.9. The topological polar surface area (TPSA) is 126 Å². The van der Waals surface area contributed by atoms with Gasteiger partial charge in [-0.15, -0.1) is 0 Å². The minimum Gasteiger partial charge on any atom is -0.652 e. The van der Waals surface area contributed by atoms with E-state index in [1.807, 2.05) is 0 Å². The van der Waals surface area contributed by atoms with E-state index in [-0.39, 0.29) is 0 Å². The summed E-state index contributed by atoms with van der Waals surface area (Å²) < 4.78 is 0. The van der Waals surface area contributed by atoms with Crippen molar-refractivity contribution >= 4 is 12.3 Å². The zero-order valence-electron chi connectivity index (χ0n) is 7.03. The highest BCUT2D eigenvalue weighted by molar-refractivity contribution is 5.47. The Bertz CT molecular complexity index is 96.5. The van der Waals surface area contributed by atoms with E-state index in [0.717, 1.165) is 5.92 Å². The fourth-order valence-corrected chi connectivity index (χ4v) is 0. The molecule has 0 spiro atoms. The van der Waals surface area contributed by atoms with Gasteiger partial charge in [0, 0.05) is 0 Å². The molecule has 74 valence electrons. The maximum Gasteiger partial charge on any atom is -0.0431 e. The maximum atomic E-state index is 8.33. The molecule has 0 atom stereocenters. The summed E-state index contributed by atoms with van der Waals surface area (Å²) in [5.41, 5.74) is 0. The average molecular weight is 178 g/mol. The third-order valence-electron chi connectivity index (χ3n) is 0. The predicted molar refractivity (Wildman–Crippen MR) is 31.3 cm³/mol. The molecule has 12 heavy (non-hydrogen) atoms. The Morgan fingerprint density at radius 2 is 0.833 bits per heavy atom. The van der Waals surface area contributed by atoms with Crippen LogP contribution in [0.5, 0.6) is 0 Å². The number of hydrogen-bond acceptors (Lipinski definition) is 6. The standard InChI is InChI=1S/C4H10.2CH2O3/c1-4(2)3;2*2-1(3)4/h4H,1-3H3;2*(H2,2,3,4)/p-4. The largest absolute Gasteiger partial charge is 0.652 e. The molecule has 0 rings (SSSR count). The van der Waals surface area contributed by atoms with E-state index in [9.17, 15) is 0 Å². The lowest BCUT2D eigenvalue weighted by Gasteiger charge is -1.96. The summed E-state index contributed by atoms with van der Waals surface area (Å²) in [6.07, 6.45) is -4.67. The number of carbonyl (C=O) groups excluding carboxylic acids is 2. The monoisotopic (exact) mass is 178 g/mol. The molecule has 0 aromatic carbocycles. The van der Waals surface area contributed by atoms with Crippen LogP contribution in [0.25, 0.3) is 0 Å². The number of hydrogen-bond donors (Lipinski definition) is 0. The van der Waals surface area contributed by atoms with Crippen LogP contribution in [0.15, 0.2) is 0 Å². The second-order valence-electron chi connectivity index (χ2n) is 2.23. The lowest BCUT2D eigenvalue weighted by atomic mass is 10.3. The van der Waals surface area contributed by atoms with E-state index in [1.165, 1.54) is 0 Å². The molecule has 0 amide bonds. The minimum atomic E-state index is -2.33. The van der Waals surface area contributed by atoms with E-state index in [1.54, 1.807) is 0 Å². The molecule has 0 aromatic heterocycles. The van der Waals surface area contributed by atoms with Gasteiger partial charge in [0.1, 0.15) is 0 Å². The van der Waals surface area contributed by atoms with Gasteiger partial charge in [0.05, 0.1) is 0 Å². The Labute approximate surface area is 70.1 Å². The van der Waals surface area contributed by atoms with Crippen LogP contribution in [0.4, 0.5) is 9.59 Å². The van der Waals surface area contributed by atoms with Crippen LogP contribution in [0.2, 0.25) is 0 Å². The Kier molecular flexibility index (Phi) is 17.2. The van der Waals surface area contributed by atoms with Gasteiger partial charge in [0.25, 0.3) is 0 Å². The summed E-state index contributed by atoms with van der Waals surface area (Å²) in [7, 11) is 0. The fourth-order valence-electron chi connectivity index (χ4n) is 0. The van der Waals surface area contributed by atoms with Crippen molar-refractivity contribution in [1.29, 1.82) is 0 Å². The normalized spacial score (nSPS) is 7.00. The van der Waals surface area contributed by atoms with Gasteiger partial charge in [0.15, 0.2) is 0 Å². The molecular formula is C6H10O6-4. The summed E-state index contributed by atoms with van der Waals surface area (Å²) in [6, 6.07) is 0. The van der Waals surface area contributed by atoms with Gasteiger partial charge in [0.2, 0.25) is 0 Å².